The zero-order valence-corrected chi connectivity index (χ0v) is 47.1. The molecule has 1 heterocycles. The first-order valence-electron chi connectivity index (χ1n) is 23.4. The standard InChI is InChI=1S/C50H96O8Si3/c1-32(31-55-59(20,21)48(8,9)10)26-27-41-36(5)43(58-61(24,25)50(14,15)16)37(6)45(56-41)42-39(44(52-17)38(7)46(53-18)47(42)54-19)30-40(51)34(3)28-33(2)29-35(4)57-60(22,23)49(11,12)13/h28,32-33,35-37,40-41,43,45,51H,26-27,29-31H2,1-25H3/b34-28+/t32-,33-,35?,36-,37+,40?,41-,43-,45+/m0/s1. The van der Waals surface area contributed by atoms with Crippen LogP contribution in [-0.2, 0) is 24.4 Å². The van der Waals surface area contributed by atoms with Gasteiger partial charge in [-0.05, 0) is 112 Å². The van der Waals surface area contributed by atoms with Crippen molar-refractivity contribution in [3.05, 3.63) is 28.3 Å². The number of hydrogen-bond donors (Lipinski definition) is 1. The molecule has 0 aromatic heterocycles. The van der Waals surface area contributed by atoms with Crippen LogP contribution in [0.15, 0.2) is 11.6 Å². The van der Waals surface area contributed by atoms with E-state index in [0.717, 1.165) is 48.1 Å². The Balaban J connectivity index is 2.71. The molecule has 356 valence electrons. The fourth-order valence-electron chi connectivity index (χ4n) is 8.13. The molecular formula is C50H96O8Si3. The number of benzene rings is 1. The molecule has 8 nitrogen and oxygen atoms in total. The molecule has 1 N–H and O–H groups in total. The van der Waals surface area contributed by atoms with Crippen molar-refractivity contribution in [2.45, 2.75) is 221 Å². The van der Waals surface area contributed by atoms with Gasteiger partial charge in [0.15, 0.2) is 36.5 Å². The van der Waals surface area contributed by atoms with Crippen LogP contribution in [0.25, 0.3) is 0 Å². The van der Waals surface area contributed by atoms with E-state index in [2.05, 4.69) is 142 Å². The third-order valence-electron chi connectivity index (χ3n) is 15.2. The molecule has 0 spiro atoms. The van der Waals surface area contributed by atoms with Crippen molar-refractivity contribution in [1.29, 1.82) is 0 Å². The summed E-state index contributed by atoms with van der Waals surface area (Å²) in [5.41, 5.74) is 3.51. The van der Waals surface area contributed by atoms with Gasteiger partial charge in [-0.1, -0.05) is 96.1 Å². The minimum Gasteiger partial charge on any atom is -0.496 e. The zero-order valence-electron chi connectivity index (χ0n) is 44.1. The topological polar surface area (TPSA) is 84.8 Å². The monoisotopic (exact) mass is 909 g/mol. The van der Waals surface area contributed by atoms with Gasteiger partial charge >= 0.3 is 0 Å². The minimum atomic E-state index is -2.21. The highest BCUT2D eigenvalue weighted by Crippen LogP contribution is 2.54. The zero-order chi connectivity index (χ0) is 47.4. The van der Waals surface area contributed by atoms with E-state index in [0.29, 0.717) is 29.6 Å². The second-order valence-corrected chi connectivity index (χ2v) is 37.9. The van der Waals surface area contributed by atoms with Gasteiger partial charge in [0.1, 0.15) is 5.75 Å². The van der Waals surface area contributed by atoms with Crippen molar-refractivity contribution < 1.29 is 37.3 Å². The molecule has 0 radical (unpaired) electrons. The van der Waals surface area contributed by atoms with Crippen LogP contribution in [0, 0.1) is 30.6 Å². The number of ether oxygens (including phenoxy) is 4. The van der Waals surface area contributed by atoms with E-state index in [9.17, 15) is 5.11 Å². The predicted molar refractivity (Wildman–Crippen MR) is 265 cm³/mol. The van der Waals surface area contributed by atoms with Gasteiger partial charge in [0.2, 0.25) is 0 Å². The van der Waals surface area contributed by atoms with Crippen LogP contribution in [0.5, 0.6) is 17.2 Å². The molecule has 1 fully saturated rings. The van der Waals surface area contributed by atoms with E-state index >= 15 is 0 Å². The van der Waals surface area contributed by atoms with E-state index in [4.69, 9.17) is 32.2 Å². The Kier molecular flexibility index (Phi) is 19.6. The summed E-state index contributed by atoms with van der Waals surface area (Å²) in [6.45, 7) is 50.7. The lowest BCUT2D eigenvalue weighted by molar-refractivity contribution is -0.165. The molecular weight excluding hydrogens is 813 g/mol. The molecule has 9 atom stereocenters. The van der Waals surface area contributed by atoms with Crippen molar-refractivity contribution in [3.63, 3.8) is 0 Å². The summed E-state index contributed by atoms with van der Waals surface area (Å²) < 4.78 is 47.0. The number of rotatable bonds is 20. The predicted octanol–water partition coefficient (Wildman–Crippen LogP) is 13.8. The Morgan fingerprint density at radius 1 is 0.754 bits per heavy atom. The first-order valence-corrected chi connectivity index (χ1v) is 32.1. The largest absolute Gasteiger partial charge is 0.496 e. The highest BCUT2D eigenvalue weighted by Gasteiger charge is 2.50. The normalized spacial score (nSPS) is 23.4. The molecule has 0 bridgehead atoms. The van der Waals surface area contributed by atoms with Crippen LogP contribution in [0.2, 0.25) is 54.4 Å². The van der Waals surface area contributed by atoms with Crippen LogP contribution >= 0.6 is 0 Å². The van der Waals surface area contributed by atoms with Crippen LogP contribution in [0.3, 0.4) is 0 Å². The summed E-state index contributed by atoms with van der Waals surface area (Å²) in [7, 11) is -0.903. The second kappa shape index (κ2) is 21.4. The quantitative estimate of drug-likeness (QED) is 0.102. The average Bonchev–Trinajstić information content (AvgIpc) is 3.10. The van der Waals surface area contributed by atoms with Gasteiger partial charge in [-0.2, -0.15) is 0 Å². The molecule has 2 unspecified atom stereocenters. The Morgan fingerprint density at radius 3 is 1.74 bits per heavy atom. The van der Waals surface area contributed by atoms with Crippen molar-refractivity contribution in [1.82, 2.24) is 0 Å². The smallest absolute Gasteiger partial charge is 0.192 e. The Hall–Kier alpha value is -1.19. The van der Waals surface area contributed by atoms with E-state index in [-0.39, 0.29) is 51.2 Å². The van der Waals surface area contributed by atoms with Gasteiger partial charge in [-0.25, -0.2) is 0 Å². The average molecular weight is 910 g/mol. The summed E-state index contributed by atoms with van der Waals surface area (Å²) in [6.07, 6.45) is 4.07. The molecule has 1 aliphatic rings. The fourth-order valence-corrected chi connectivity index (χ4v) is 12.2. The van der Waals surface area contributed by atoms with Crippen molar-refractivity contribution in [2.75, 3.05) is 27.9 Å². The van der Waals surface area contributed by atoms with E-state index in [1.54, 1.807) is 21.3 Å². The Morgan fingerprint density at radius 2 is 1.26 bits per heavy atom. The Labute approximate surface area is 379 Å². The number of aliphatic hydroxyl groups excluding tert-OH is 1. The fraction of sp³-hybridized carbons (Fsp3) is 0.840. The molecule has 11 heteroatoms. The van der Waals surface area contributed by atoms with Crippen LogP contribution in [-0.4, -0.2) is 82.4 Å². The summed E-state index contributed by atoms with van der Waals surface area (Å²) in [6, 6.07) is 0. The van der Waals surface area contributed by atoms with E-state index in [1.807, 2.05) is 13.8 Å². The summed E-state index contributed by atoms with van der Waals surface area (Å²) >= 11 is 0. The SMILES string of the molecule is COc1c(C)c(OC)c(OC)c([C@@H]2O[C@@H](CC[C@H](C)CO[Si](C)(C)C(C)(C)C)[C@H](C)[C@H](O[Si](C)(C)C(C)(C)C)[C@H]2C)c1CC(O)/C(C)=C/[C@H](C)CC(C)O[Si](C)(C)C(C)(C)C. The van der Waals surface area contributed by atoms with Crippen molar-refractivity contribution in [3.8, 4) is 17.2 Å². The van der Waals surface area contributed by atoms with Crippen LogP contribution in [0.1, 0.15) is 146 Å². The summed E-state index contributed by atoms with van der Waals surface area (Å²) in [5, 5.41) is 12.5. The van der Waals surface area contributed by atoms with Gasteiger partial charge in [0.05, 0.1) is 45.7 Å². The maximum Gasteiger partial charge on any atom is 0.192 e. The molecule has 0 amide bonds. The van der Waals surface area contributed by atoms with Crippen molar-refractivity contribution >= 4 is 25.0 Å². The number of aliphatic hydroxyl groups is 1. The van der Waals surface area contributed by atoms with Gasteiger partial charge in [-0.3, -0.25) is 0 Å². The lowest BCUT2D eigenvalue weighted by Crippen LogP contribution is -2.53. The number of methoxy groups -OCH3 is 3. The van der Waals surface area contributed by atoms with Crippen molar-refractivity contribution in [2.24, 2.45) is 23.7 Å². The van der Waals surface area contributed by atoms with Gasteiger partial charge in [-0.15, -0.1) is 0 Å². The summed E-state index contributed by atoms with van der Waals surface area (Å²) in [4.78, 5) is 0. The van der Waals surface area contributed by atoms with E-state index < -0.39 is 37.2 Å². The van der Waals surface area contributed by atoms with Crippen LogP contribution < -0.4 is 14.2 Å². The summed E-state index contributed by atoms with van der Waals surface area (Å²) in [5.74, 6) is 2.64. The number of hydrogen-bond acceptors (Lipinski definition) is 8. The first kappa shape index (κ1) is 55.9. The molecule has 1 aliphatic heterocycles. The molecule has 1 aromatic rings. The molecule has 1 aromatic carbocycles. The number of allylic oxidation sites excluding steroid dienone is 1. The lowest BCUT2D eigenvalue weighted by Gasteiger charge is -2.50. The third kappa shape index (κ3) is 13.9. The van der Waals surface area contributed by atoms with Crippen LogP contribution in [0.4, 0.5) is 0 Å². The lowest BCUT2D eigenvalue weighted by atomic mass is 9.77. The first-order chi connectivity index (χ1) is 27.6. The Bertz CT molecular complexity index is 1580. The minimum absolute atomic E-state index is 0.0320. The maximum absolute atomic E-state index is 12.1. The molecule has 1 saturated heterocycles. The maximum atomic E-state index is 12.1. The van der Waals surface area contributed by atoms with Gasteiger partial charge < -0.3 is 37.3 Å². The van der Waals surface area contributed by atoms with E-state index in [1.165, 1.54) is 0 Å². The second-order valence-electron chi connectivity index (χ2n) is 23.6. The molecule has 0 saturated carbocycles. The molecule has 2 rings (SSSR count). The van der Waals surface area contributed by atoms with Gasteiger partial charge in [0.25, 0.3) is 0 Å². The molecule has 61 heavy (non-hydrogen) atoms. The van der Waals surface area contributed by atoms with Gasteiger partial charge in [0, 0.05) is 47.7 Å². The third-order valence-corrected chi connectivity index (χ3v) is 28.8. The highest BCUT2D eigenvalue weighted by molar-refractivity contribution is 6.75. The highest BCUT2D eigenvalue weighted by atomic mass is 28.4. The molecule has 0 aliphatic carbocycles.